The third-order valence-corrected chi connectivity index (χ3v) is 5.26. The third kappa shape index (κ3) is 2.08. The van der Waals surface area contributed by atoms with Crippen molar-refractivity contribution in [2.24, 2.45) is 11.8 Å². The number of aliphatic hydroxyl groups excluding tert-OH is 4. The minimum absolute atomic E-state index is 0.0385. The van der Waals surface area contributed by atoms with Crippen molar-refractivity contribution >= 4 is 5.78 Å². The molecule has 0 heterocycles. The Hall–Kier alpha value is -1.71. The molecule has 2 aliphatic carbocycles. The number of methoxy groups -OCH3 is 1. The molecular weight excluding hydrogens is 320 g/mol. The first-order valence-corrected chi connectivity index (χ1v) is 7.52. The zero-order chi connectivity index (χ0) is 18.0. The van der Waals surface area contributed by atoms with Crippen LogP contribution in [0.15, 0.2) is 12.1 Å². The number of benzene rings is 1. The van der Waals surface area contributed by atoms with Crippen LogP contribution in [0.1, 0.15) is 28.9 Å². The summed E-state index contributed by atoms with van der Waals surface area (Å²) in [5.74, 6) is -3.56. The number of ether oxygens (including phenoxy) is 1. The molecule has 3 rings (SSSR count). The van der Waals surface area contributed by atoms with Crippen LogP contribution in [0.3, 0.4) is 0 Å². The predicted octanol–water partition coefficient (Wildman–Crippen LogP) is -1.29. The molecule has 0 aromatic heterocycles. The summed E-state index contributed by atoms with van der Waals surface area (Å²) in [5.41, 5.74) is -2.26. The summed E-state index contributed by atoms with van der Waals surface area (Å²) in [6.07, 6.45) is -6.61. The number of aromatic hydroxyl groups is 1. The van der Waals surface area contributed by atoms with Crippen molar-refractivity contribution in [3.05, 3.63) is 23.3 Å². The van der Waals surface area contributed by atoms with Gasteiger partial charge < -0.3 is 35.4 Å². The molecule has 8 nitrogen and oxygen atoms in total. The van der Waals surface area contributed by atoms with Crippen LogP contribution < -0.4 is 4.74 Å². The summed E-state index contributed by atoms with van der Waals surface area (Å²) >= 11 is 0. The summed E-state index contributed by atoms with van der Waals surface area (Å²) < 4.78 is 5.00. The predicted molar refractivity (Wildman–Crippen MR) is 79.6 cm³/mol. The van der Waals surface area contributed by atoms with E-state index in [0.717, 1.165) is 6.92 Å². The fraction of sp³-hybridized carbons (Fsp3) is 0.562. The van der Waals surface area contributed by atoms with Crippen LogP contribution in [0.25, 0.3) is 0 Å². The lowest BCUT2D eigenvalue weighted by Crippen LogP contribution is -2.68. The second-order valence-electron chi connectivity index (χ2n) is 6.63. The summed E-state index contributed by atoms with van der Waals surface area (Å²) in [6, 6.07) is 2.55. The molecular formula is C16H20O8. The molecule has 0 aliphatic heterocycles. The number of hydrogen-bond acceptors (Lipinski definition) is 8. The number of carbonyl (C=O) groups is 1. The maximum atomic E-state index is 12.8. The molecule has 0 amide bonds. The van der Waals surface area contributed by atoms with Crippen molar-refractivity contribution in [1.29, 1.82) is 0 Å². The first kappa shape index (κ1) is 17.1. The van der Waals surface area contributed by atoms with Crippen LogP contribution in [0, 0.1) is 11.8 Å². The highest BCUT2D eigenvalue weighted by Crippen LogP contribution is 2.51. The lowest BCUT2D eigenvalue weighted by molar-refractivity contribution is -0.240. The van der Waals surface area contributed by atoms with Crippen molar-refractivity contribution in [3.63, 3.8) is 0 Å². The van der Waals surface area contributed by atoms with E-state index >= 15 is 0 Å². The monoisotopic (exact) mass is 340 g/mol. The highest BCUT2D eigenvalue weighted by molar-refractivity contribution is 6.03. The first-order chi connectivity index (χ1) is 11.1. The van der Waals surface area contributed by atoms with Gasteiger partial charge in [-0.15, -0.1) is 0 Å². The van der Waals surface area contributed by atoms with Crippen LogP contribution in [-0.2, 0) is 0 Å². The lowest BCUT2D eigenvalue weighted by atomic mass is 9.59. The fourth-order valence-electron chi connectivity index (χ4n) is 3.85. The molecule has 0 radical (unpaired) electrons. The van der Waals surface area contributed by atoms with Crippen molar-refractivity contribution in [1.82, 2.24) is 0 Å². The number of fused-ring (bicyclic) bond motifs is 2. The zero-order valence-corrected chi connectivity index (χ0v) is 13.1. The van der Waals surface area contributed by atoms with Gasteiger partial charge in [0.1, 0.15) is 23.2 Å². The van der Waals surface area contributed by atoms with Gasteiger partial charge in [-0.3, -0.25) is 4.79 Å². The SMILES string of the molecule is COc1cc(O)c2c(c1)[C@H](O)[C@@H]1[C@@H](C2=O)[C@H](O)[C@@H](O)[C@@](C)(O)[C@@H]1O. The van der Waals surface area contributed by atoms with E-state index < -0.39 is 53.4 Å². The molecule has 0 bridgehead atoms. The normalized spacial score (nSPS) is 41.5. The Balaban J connectivity index is 2.20. The summed E-state index contributed by atoms with van der Waals surface area (Å²) in [4.78, 5) is 12.8. The minimum atomic E-state index is -2.11. The Kier molecular flexibility index (Phi) is 3.85. The highest BCUT2D eigenvalue weighted by atomic mass is 16.5. The Morgan fingerprint density at radius 2 is 1.75 bits per heavy atom. The number of carbonyl (C=O) groups excluding carboxylic acids is 1. The first-order valence-electron chi connectivity index (χ1n) is 7.52. The number of Topliss-reactive ketones (excluding diaryl/α,β-unsaturated/α-hetero) is 1. The Morgan fingerprint density at radius 1 is 1.12 bits per heavy atom. The quantitative estimate of drug-likeness (QED) is 0.370. The van der Waals surface area contributed by atoms with Gasteiger partial charge in [-0.1, -0.05) is 0 Å². The zero-order valence-electron chi connectivity index (χ0n) is 13.1. The molecule has 8 heteroatoms. The lowest BCUT2D eigenvalue weighted by Gasteiger charge is -2.52. The molecule has 2 aliphatic rings. The number of hydrogen-bond donors (Lipinski definition) is 6. The topological polar surface area (TPSA) is 148 Å². The van der Waals surface area contributed by atoms with E-state index in [1.165, 1.54) is 19.2 Å². The van der Waals surface area contributed by atoms with Gasteiger partial charge in [0.25, 0.3) is 0 Å². The van der Waals surface area contributed by atoms with E-state index in [0.29, 0.717) is 0 Å². The maximum Gasteiger partial charge on any atom is 0.173 e. The highest BCUT2D eigenvalue weighted by Gasteiger charge is 2.61. The Morgan fingerprint density at radius 3 is 2.33 bits per heavy atom. The van der Waals surface area contributed by atoms with E-state index in [9.17, 15) is 35.4 Å². The molecule has 7 atom stereocenters. The van der Waals surface area contributed by atoms with Crippen LogP contribution in [0.4, 0.5) is 0 Å². The van der Waals surface area contributed by atoms with E-state index in [2.05, 4.69) is 0 Å². The standard InChI is InChI=1S/C16H20O8/c1-16(23)14(21)10-9(13(20)15(16)22)12(19)8-6(11(10)18)3-5(24-2)4-7(8)17/h3-4,9-11,13-15,17-18,20-23H,1-2H3/t9-,10-,11-,13-,14+,15+,16-/m0/s1. The second-order valence-corrected chi connectivity index (χ2v) is 6.63. The van der Waals surface area contributed by atoms with Gasteiger partial charge >= 0.3 is 0 Å². The maximum absolute atomic E-state index is 12.8. The number of phenolic OH excluding ortho intramolecular Hbond substituents is 1. The van der Waals surface area contributed by atoms with E-state index in [1.54, 1.807) is 0 Å². The number of phenols is 1. The van der Waals surface area contributed by atoms with Crippen LogP contribution >= 0.6 is 0 Å². The molecule has 0 saturated heterocycles. The van der Waals surface area contributed by atoms with Gasteiger partial charge in [0.05, 0.1) is 36.9 Å². The van der Waals surface area contributed by atoms with Gasteiger partial charge in [0, 0.05) is 12.0 Å². The largest absolute Gasteiger partial charge is 0.507 e. The van der Waals surface area contributed by atoms with E-state index in [1.807, 2.05) is 0 Å². The molecule has 1 aromatic carbocycles. The van der Waals surface area contributed by atoms with Gasteiger partial charge in [-0.25, -0.2) is 0 Å². The molecule has 0 unspecified atom stereocenters. The number of rotatable bonds is 1. The van der Waals surface area contributed by atoms with Crippen molar-refractivity contribution in [2.75, 3.05) is 7.11 Å². The van der Waals surface area contributed by atoms with Crippen molar-refractivity contribution in [2.45, 2.75) is 36.9 Å². The molecule has 1 fully saturated rings. The third-order valence-electron chi connectivity index (χ3n) is 5.26. The summed E-state index contributed by atoms with van der Waals surface area (Å²) in [6.45, 7) is 1.12. The molecule has 6 N–H and O–H groups in total. The minimum Gasteiger partial charge on any atom is -0.507 e. The summed E-state index contributed by atoms with van der Waals surface area (Å²) in [5, 5.41) is 61.7. The van der Waals surface area contributed by atoms with Crippen LogP contribution in [-0.4, -0.2) is 67.4 Å². The average Bonchev–Trinajstić information content (AvgIpc) is 2.53. The Bertz CT molecular complexity index is 685. The van der Waals surface area contributed by atoms with E-state index in [4.69, 9.17) is 4.74 Å². The number of ketones is 1. The fourth-order valence-corrected chi connectivity index (χ4v) is 3.85. The van der Waals surface area contributed by atoms with Crippen molar-refractivity contribution < 1.29 is 40.2 Å². The number of aliphatic hydroxyl groups is 5. The molecule has 0 spiro atoms. The second kappa shape index (κ2) is 5.40. The Labute approximate surface area is 137 Å². The van der Waals surface area contributed by atoms with Gasteiger partial charge in [-0.05, 0) is 18.6 Å². The van der Waals surface area contributed by atoms with Crippen molar-refractivity contribution in [3.8, 4) is 11.5 Å². The molecule has 24 heavy (non-hydrogen) atoms. The van der Waals surface area contributed by atoms with Gasteiger partial charge in [0.15, 0.2) is 5.78 Å². The van der Waals surface area contributed by atoms with Gasteiger partial charge in [-0.2, -0.15) is 0 Å². The van der Waals surface area contributed by atoms with E-state index in [-0.39, 0.29) is 16.9 Å². The average molecular weight is 340 g/mol. The molecule has 132 valence electrons. The molecule has 1 aromatic rings. The van der Waals surface area contributed by atoms with Gasteiger partial charge in [0.2, 0.25) is 0 Å². The summed E-state index contributed by atoms with van der Waals surface area (Å²) in [7, 11) is 1.35. The molecule has 1 saturated carbocycles. The van der Waals surface area contributed by atoms with Crippen LogP contribution in [0.5, 0.6) is 11.5 Å². The smallest absolute Gasteiger partial charge is 0.173 e. The van der Waals surface area contributed by atoms with Crippen LogP contribution in [0.2, 0.25) is 0 Å².